The molecule has 0 aliphatic carbocycles. The van der Waals surface area contributed by atoms with E-state index in [1.165, 1.54) is 0 Å². The standard InChI is InChI=1S/C20H23ClN6O/c1-2-11-22-20(28)15-9-12-26(13-10-15)18-8-7-17-23-24-19(27(17)25-18)14-3-5-16(21)6-4-14/h3-8,15H,2,9-13H2,1H3,(H,22,28). The highest BCUT2D eigenvalue weighted by Gasteiger charge is 2.25. The molecule has 0 radical (unpaired) electrons. The predicted molar refractivity (Wildman–Crippen MR) is 109 cm³/mol. The average molecular weight is 399 g/mol. The van der Waals surface area contributed by atoms with Gasteiger partial charge in [-0.2, -0.15) is 4.52 Å². The summed E-state index contributed by atoms with van der Waals surface area (Å²) in [7, 11) is 0. The van der Waals surface area contributed by atoms with Crippen molar-refractivity contribution in [1.82, 2.24) is 25.1 Å². The van der Waals surface area contributed by atoms with Gasteiger partial charge in [0.25, 0.3) is 0 Å². The van der Waals surface area contributed by atoms with Gasteiger partial charge in [-0.15, -0.1) is 15.3 Å². The van der Waals surface area contributed by atoms with Gasteiger partial charge in [0.1, 0.15) is 5.82 Å². The molecule has 1 aliphatic rings. The molecule has 1 saturated heterocycles. The minimum absolute atomic E-state index is 0.0890. The Morgan fingerprint density at radius 1 is 1.14 bits per heavy atom. The molecule has 2 aromatic heterocycles. The SMILES string of the molecule is CCCNC(=O)C1CCN(c2ccc3nnc(-c4ccc(Cl)cc4)n3n2)CC1. The molecule has 1 N–H and O–H groups in total. The number of carbonyl (C=O) groups excluding carboxylic acids is 1. The summed E-state index contributed by atoms with van der Waals surface area (Å²) in [6.07, 6.45) is 2.63. The first-order chi connectivity index (χ1) is 13.7. The van der Waals surface area contributed by atoms with Gasteiger partial charge >= 0.3 is 0 Å². The van der Waals surface area contributed by atoms with Crippen molar-refractivity contribution in [3.8, 4) is 11.4 Å². The second-order valence-corrected chi connectivity index (χ2v) is 7.48. The first-order valence-electron chi connectivity index (χ1n) is 9.67. The van der Waals surface area contributed by atoms with E-state index in [0.29, 0.717) is 16.5 Å². The third kappa shape index (κ3) is 3.80. The Kier molecular flexibility index (Phi) is 5.43. The van der Waals surface area contributed by atoms with Gasteiger partial charge in [-0.25, -0.2) is 0 Å². The van der Waals surface area contributed by atoms with E-state index in [9.17, 15) is 4.79 Å². The van der Waals surface area contributed by atoms with Crippen LogP contribution in [0, 0.1) is 5.92 Å². The molecule has 0 bridgehead atoms. The summed E-state index contributed by atoms with van der Waals surface area (Å²) in [5, 5.41) is 16.9. The average Bonchev–Trinajstić information content (AvgIpc) is 3.16. The van der Waals surface area contributed by atoms with E-state index in [1.54, 1.807) is 4.52 Å². The maximum Gasteiger partial charge on any atom is 0.223 e. The Morgan fingerprint density at radius 3 is 2.61 bits per heavy atom. The van der Waals surface area contributed by atoms with E-state index < -0.39 is 0 Å². The molecule has 28 heavy (non-hydrogen) atoms. The van der Waals surface area contributed by atoms with E-state index in [4.69, 9.17) is 16.7 Å². The Hall–Kier alpha value is -2.67. The monoisotopic (exact) mass is 398 g/mol. The molecule has 1 amide bonds. The molecule has 0 spiro atoms. The fraction of sp³-hybridized carbons (Fsp3) is 0.400. The van der Waals surface area contributed by atoms with Crippen LogP contribution in [0.25, 0.3) is 17.0 Å². The molecule has 0 atom stereocenters. The number of rotatable bonds is 5. The number of aromatic nitrogens is 4. The van der Waals surface area contributed by atoms with Crippen LogP contribution in [0.4, 0.5) is 5.82 Å². The highest BCUT2D eigenvalue weighted by atomic mass is 35.5. The van der Waals surface area contributed by atoms with Crippen LogP contribution in [0.15, 0.2) is 36.4 Å². The summed E-state index contributed by atoms with van der Waals surface area (Å²) in [6.45, 7) is 4.43. The number of nitrogens with one attached hydrogen (secondary N) is 1. The summed E-state index contributed by atoms with van der Waals surface area (Å²) < 4.78 is 1.76. The van der Waals surface area contributed by atoms with Gasteiger partial charge < -0.3 is 10.2 Å². The Balaban J connectivity index is 1.52. The Labute approximate surface area is 168 Å². The minimum Gasteiger partial charge on any atom is -0.356 e. The highest BCUT2D eigenvalue weighted by molar-refractivity contribution is 6.30. The zero-order valence-corrected chi connectivity index (χ0v) is 16.6. The lowest BCUT2D eigenvalue weighted by Gasteiger charge is -2.32. The van der Waals surface area contributed by atoms with Crippen LogP contribution in [0.3, 0.4) is 0 Å². The summed E-state index contributed by atoms with van der Waals surface area (Å²) in [5.41, 5.74) is 1.61. The fourth-order valence-corrected chi connectivity index (χ4v) is 3.62. The van der Waals surface area contributed by atoms with Crippen LogP contribution >= 0.6 is 11.6 Å². The molecule has 4 rings (SSSR count). The van der Waals surface area contributed by atoms with Crippen molar-refractivity contribution in [1.29, 1.82) is 0 Å². The molecular formula is C20H23ClN6O. The van der Waals surface area contributed by atoms with Gasteiger partial charge in [0.15, 0.2) is 11.5 Å². The van der Waals surface area contributed by atoms with Crippen molar-refractivity contribution in [3.05, 3.63) is 41.4 Å². The molecule has 1 aliphatic heterocycles. The van der Waals surface area contributed by atoms with Crippen LogP contribution < -0.4 is 10.2 Å². The van der Waals surface area contributed by atoms with Crippen molar-refractivity contribution in [2.45, 2.75) is 26.2 Å². The molecule has 7 nitrogen and oxygen atoms in total. The van der Waals surface area contributed by atoms with Gasteiger partial charge in [-0.3, -0.25) is 4.79 Å². The molecular weight excluding hydrogens is 376 g/mol. The molecule has 1 fully saturated rings. The van der Waals surface area contributed by atoms with Crippen molar-refractivity contribution >= 4 is 29.0 Å². The smallest absolute Gasteiger partial charge is 0.223 e. The molecule has 3 heterocycles. The molecule has 0 saturated carbocycles. The normalized spacial score (nSPS) is 15.1. The Morgan fingerprint density at radius 2 is 1.89 bits per heavy atom. The number of hydrogen-bond donors (Lipinski definition) is 1. The van der Waals surface area contributed by atoms with E-state index in [0.717, 1.165) is 50.3 Å². The highest BCUT2D eigenvalue weighted by Crippen LogP contribution is 2.24. The second-order valence-electron chi connectivity index (χ2n) is 7.04. The van der Waals surface area contributed by atoms with Crippen LogP contribution in [0.5, 0.6) is 0 Å². The number of anilines is 1. The minimum atomic E-state index is 0.0890. The number of amides is 1. The predicted octanol–water partition coefficient (Wildman–Crippen LogP) is 3.19. The van der Waals surface area contributed by atoms with E-state index in [2.05, 4.69) is 27.3 Å². The molecule has 1 aromatic carbocycles. The van der Waals surface area contributed by atoms with Crippen LogP contribution in [0.1, 0.15) is 26.2 Å². The van der Waals surface area contributed by atoms with E-state index in [1.807, 2.05) is 36.4 Å². The number of fused-ring (bicyclic) bond motifs is 1. The Bertz CT molecular complexity index is 962. The van der Waals surface area contributed by atoms with Crippen molar-refractivity contribution in [2.75, 3.05) is 24.5 Å². The topological polar surface area (TPSA) is 75.4 Å². The molecule has 8 heteroatoms. The maximum atomic E-state index is 12.2. The van der Waals surface area contributed by atoms with Crippen LogP contribution in [-0.4, -0.2) is 45.4 Å². The van der Waals surface area contributed by atoms with Gasteiger partial charge in [0, 0.05) is 36.1 Å². The molecule has 146 valence electrons. The third-order valence-electron chi connectivity index (χ3n) is 5.09. The zero-order valence-electron chi connectivity index (χ0n) is 15.8. The van der Waals surface area contributed by atoms with Crippen LogP contribution in [0.2, 0.25) is 5.02 Å². The number of hydrogen-bond acceptors (Lipinski definition) is 5. The number of halogens is 1. The first-order valence-corrected chi connectivity index (χ1v) is 10.0. The first kappa shape index (κ1) is 18.7. The summed E-state index contributed by atoms with van der Waals surface area (Å²) in [6, 6.07) is 11.4. The summed E-state index contributed by atoms with van der Waals surface area (Å²) >= 11 is 5.99. The van der Waals surface area contributed by atoms with Crippen LogP contribution in [-0.2, 0) is 4.79 Å². The zero-order chi connectivity index (χ0) is 19.5. The van der Waals surface area contributed by atoms with Gasteiger partial charge in [0.05, 0.1) is 0 Å². The van der Waals surface area contributed by atoms with Crippen molar-refractivity contribution in [2.24, 2.45) is 5.92 Å². The van der Waals surface area contributed by atoms with Gasteiger partial charge in [0.2, 0.25) is 5.91 Å². The fourth-order valence-electron chi connectivity index (χ4n) is 3.49. The summed E-state index contributed by atoms with van der Waals surface area (Å²) in [5.74, 6) is 1.82. The lowest BCUT2D eigenvalue weighted by Crippen LogP contribution is -2.41. The molecule has 3 aromatic rings. The lowest BCUT2D eigenvalue weighted by atomic mass is 9.96. The second kappa shape index (κ2) is 8.14. The number of benzene rings is 1. The largest absolute Gasteiger partial charge is 0.356 e. The summed E-state index contributed by atoms with van der Waals surface area (Å²) in [4.78, 5) is 14.4. The number of nitrogens with zero attached hydrogens (tertiary/aromatic N) is 5. The van der Waals surface area contributed by atoms with Crippen molar-refractivity contribution < 1.29 is 4.79 Å². The van der Waals surface area contributed by atoms with Gasteiger partial charge in [-0.05, 0) is 55.7 Å². The van der Waals surface area contributed by atoms with E-state index in [-0.39, 0.29) is 11.8 Å². The van der Waals surface area contributed by atoms with E-state index >= 15 is 0 Å². The molecule has 0 unspecified atom stereocenters. The maximum absolute atomic E-state index is 12.2. The number of piperidine rings is 1. The quantitative estimate of drug-likeness (QED) is 0.714. The van der Waals surface area contributed by atoms with Gasteiger partial charge in [-0.1, -0.05) is 18.5 Å². The third-order valence-corrected chi connectivity index (χ3v) is 5.34. The number of carbonyl (C=O) groups is 1. The van der Waals surface area contributed by atoms with Crippen molar-refractivity contribution in [3.63, 3.8) is 0 Å². The lowest BCUT2D eigenvalue weighted by molar-refractivity contribution is -0.125.